The zero-order valence-corrected chi connectivity index (χ0v) is 24.8. The number of aliphatic hydroxyl groups excluding tert-OH is 1. The number of nitrogens with one attached hydrogen (secondary N) is 1. The van der Waals surface area contributed by atoms with E-state index in [4.69, 9.17) is 14.2 Å². The maximum Gasteiger partial charge on any atom is 1.00 e. The van der Waals surface area contributed by atoms with Gasteiger partial charge in [0.2, 0.25) is 0 Å². The number of aliphatic carboxylic acids is 1. The first-order chi connectivity index (χ1) is 18.8. The maximum absolute atomic E-state index is 11.5. The van der Waals surface area contributed by atoms with Gasteiger partial charge < -0.3 is 34.5 Å². The van der Waals surface area contributed by atoms with Crippen LogP contribution >= 0.6 is 0 Å². The van der Waals surface area contributed by atoms with Gasteiger partial charge in [0.05, 0.1) is 24.0 Å². The smallest absolute Gasteiger partial charge is 0.548 e. The second-order valence-corrected chi connectivity index (χ2v) is 8.78. The molecule has 0 aliphatic heterocycles. The molecule has 3 aromatic carbocycles. The predicted octanol–water partition coefficient (Wildman–Crippen LogP) is -0.521. The summed E-state index contributed by atoms with van der Waals surface area (Å²) in [5.41, 5.74) is 0.594. The average Bonchev–Trinajstić information content (AvgIpc) is 2.92. The molecule has 0 spiro atoms. The van der Waals surface area contributed by atoms with E-state index in [1.807, 2.05) is 59.5 Å². The van der Waals surface area contributed by atoms with Crippen molar-refractivity contribution in [2.75, 3.05) is 38.7 Å². The molecule has 0 radical (unpaired) electrons. The summed E-state index contributed by atoms with van der Waals surface area (Å²) in [6.45, 7) is 2.70. The number of nitro groups is 1. The third kappa shape index (κ3) is 10.00. The van der Waals surface area contributed by atoms with Crippen molar-refractivity contribution in [3.8, 4) is 17.2 Å². The van der Waals surface area contributed by atoms with Gasteiger partial charge in [-0.3, -0.25) is 15.0 Å². The molecule has 0 aromatic heterocycles. The van der Waals surface area contributed by atoms with Crippen LogP contribution in [0.3, 0.4) is 0 Å². The molecule has 40 heavy (non-hydrogen) atoms. The summed E-state index contributed by atoms with van der Waals surface area (Å²) in [6.07, 6.45) is -0.967. The summed E-state index contributed by atoms with van der Waals surface area (Å²) < 4.78 is 17.0. The summed E-state index contributed by atoms with van der Waals surface area (Å²) in [5, 5.41) is 36.1. The van der Waals surface area contributed by atoms with Gasteiger partial charge in [-0.05, 0) is 30.7 Å². The van der Waals surface area contributed by atoms with Crippen molar-refractivity contribution < 1.29 is 63.7 Å². The largest absolute Gasteiger partial charge is 1.00 e. The SMILES string of the molecule is COc1ccccc1OCCN(Cc1ccccc1)CC(O)COc1cccc([N+](=O)[O-])c1NC(C)C(=O)[O-].[Na+]. The Balaban J connectivity index is 0.00000560. The van der Waals surface area contributed by atoms with Crippen LogP contribution in [0, 0.1) is 10.1 Å². The normalized spacial score (nSPS) is 12.1. The molecule has 3 aromatic rings. The van der Waals surface area contributed by atoms with Crippen molar-refractivity contribution in [1.82, 2.24) is 4.90 Å². The quantitative estimate of drug-likeness (QED) is 0.133. The van der Waals surface area contributed by atoms with Crippen molar-refractivity contribution in [3.05, 3.63) is 88.5 Å². The molecule has 0 amide bonds. The van der Waals surface area contributed by atoms with Gasteiger partial charge in [0.1, 0.15) is 25.1 Å². The number of nitrogens with zero attached hydrogens (tertiary/aromatic N) is 2. The molecule has 0 fully saturated rings. The fraction of sp³-hybridized carbons (Fsp3) is 0.321. The van der Waals surface area contributed by atoms with Crippen LogP contribution in [0.1, 0.15) is 12.5 Å². The summed E-state index contributed by atoms with van der Waals surface area (Å²) >= 11 is 0. The van der Waals surface area contributed by atoms with Crippen LogP contribution in [0.15, 0.2) is 72.8 Å². The molecule has 0 aliphatic carbocycles. The zero-order chi connectivity index (χ0) is 28.2. The molecule has 0 bridgehead atoms. The Kier molecular flexibility index (Phi) is 13.7. The number of para-hydroxylation sites is 3. The first kappa shape index (κ1) is 32.9. The second-order valence-electron chi connectivity index (χ2n) is 8.78. The number of methoxy groups -OCH3 is 1. The van der Waals surface area contributed by atoms with Crippen LogP contribution in [0.25, 0.3) is 0 Å². The van der Waals surface area contributed by atoms with Gasteiger partial charge in [-0.15, -0.1) is 0 Å². The van der Waals surface area contributed by atoms with E-state index in [1.54, 1.807) is 7.11 Å². The Hall–Kier alpha value is -3.35. The Morgan fingerprint density at radius 1 is 1.00 bits per heavy atom. The molecule has 2 atom stereocenters. The van der Waals surface area contributed by atoms with E-state index < -0.39 is 23.0 Å². The number of carboxylic acid groups (broad SMARTS) is 1. The van der Waals surface area contributed by atoms with Crippen LogP contribution in [0.2, 0.25) is 0 Å². The number of nitro benzene ring substituents is 1. The Labute approximate surface area is 255 Å². The van der Waals surface area contributed by atoms with E-state index in [2.05, 4.69) is 5.32 Å². The number of hydrogen-bond donors (Lipinski definition) is 2. The Bertz CT molecular complexity index is 1230. The number of carboxylic acids is 1. The second kappa shape index (κ2) is 16.7. The molecule has 0 saturated carbocycles. The standard InChI is InChI=1S/C28H33N3O8.Na/c1-20(28(33)34)29-27-23(31(35)36)11-8-14-26(27)39-19-22(32)18-30(17-21-9-4-3-5-10-21)15-16-38-25-13-7-6-12-24(25)37-2;/h3-14,20,22,29,32H,15-19H2,1-2H3,(H,33,34);/q;+1/p-1. The van der Waals surface area contributed by atoms with Crippen molar-refractivity contribution in [1.29, 1.82) is 0 Å². The van der Waals surface area contributed by atoms with Gasteiger partial charge in [0.25, 0.3) is 5.69 Å². The van der Waals surface area contributed by atoms with Gasteiger partial charge in [-0.1, -0.05) is 48.5 Å². The fourth-order valence-corrected chi connectivity index (χ4v) is 3.85. The van der Waals surface area contributed by atoms with Crippen molar-refractivity contribution >= 4 is 17.3 Å². The molecule has 3 rings (SSSR count). The molecule has 12 heteroatoms. The number of benzene rings is 3. The molecule has 208 valence electrons. The first-order valence-corrected chi connectivity index (χ1v) is 12.4. The third-order valence-corrected chi connectivity index (χ3v) is 5.80. The third-order valence-electron chi connectivity index (χ3n) is 5.80. The van der Waals surface area contributed by atoms with Crippen LogP contribution < -0.4 is 54.2 Å². The minimum absolute atomic E-state index is 0. The van der Waals surface area contributed by atoms with Crippen molar-refractivity contribution in [3.63, 3.8) is 0 Å². The molecule has 2 N–H and O–H groups in total. The molecule has 0 aliphatic rings. The summed E-state index contributed by atoms with van der Waals surface area (Å²) in [7, 11) is 1.57. The Morgan fingerprint density at radius 3 is 2.30 bits per heavy atom. The van der Waals surface area contributed by atoms with E-state index >= 15 is 0 Å². The molecular weight excluding hydrogens is 529 g/mol. The van der Waals surface area contributed by atoms with E-state index in [-0.39, 0.29) is 59.8 Å². The number of aliphatic hydroxyl groups is 1. The van der Waals surface area contributed by atoms with E-state index in [1.165, 1.54) is 25.1 Å². The molecule has 0 saturated heterocycles. The van der Waals surface area contributed by atoms with Crippen LogP contribution in [-0.2, 0) is 11.3 Å². The monoisotopic (exact) mass is 561 g/mol. The molecule has 11 nitrogen and oxygen atoms in total. The Morgan fingerprint density at radius 2 is 1.65 bits per heavy atom. The van der Waals surface area contributed by atoms with Gasteiger partial charge in [-0.25, -0.2) is 0 Å². The van der Waals surface area contributed by atoms with Crippen molar-refractivity contribution in [2.45, 2.75) is 25.6 Å². The number of hydrogen-bond acceptors (Lipinski definition) is 10. The van der Waals surface area contributed by atoms with Crippen LogP contribution in [0.4, 0.5) is 11.4 Å². The fourth-order valence-electron chi connectivity index (χ4n) is 3.85. The zero-order valence-electron chi connectivity index (χ0n) is 22.8. The summed E-state index contributed by atoms with van der Waals surface area (Å²) in [4.78, 5) is 24.1. The summed E-state index contributed by atoms with van der Waals surface area (Å²) in [6, 6.07) is 20.0. The number of carbonyl (C=O) groups is 1. The van der Waals surface area contributed by atoms with Gasteiger partial charge in [0.15, 0.2) is 17.2 Å². The maximum atomic E-state index is 11.5. The average molecular weight is 562 g/mol. The molecule has 2 unspecified atom stereocenters. The van der Waals surface area contributed by atoms with Crippen LogP contribution in [0.5, 0.6) is 17.2 Å². The van der Waals surface area contributed by atoms with Crippen LogP contribution in [-0.4, -0.2) is 66.5 Å². The topological polar surface area (TPSA) is 146 Å². The number of ether oxygens (including phenoxy) is 3. The molecule has 0 heterocycles. The number of anilines is 1. The van der Waals surface area contributed by atoms with E-state index in [0.717, 1.165) is 5.56 Å². The van der Waals surface area contributed by atoms with Crippen molar-refractivity contribution in [2.24, 2.45) is 0 Å². The minimum atomic E-state index is -1.42. The first-order valence-electron chi connectivity index (χ1n) is 12.4. The summed E-state index contributed by atoms with van der Waals surface area (Å²) in [5.74, 6) is -0.147. The minimum Gasteiger partial charge on any atom is -0.548 e. The molecular formula is C28H32N3NaO8. The number of carbonyl (C=O) groups excluding carboxylic acids is 1. The van der Waals surface area contributed by atoms with E-state index in [0.29, 0.717) is 31.2 Å². The predicted molar refractivity (Wildman–Crippen MR) is 143 cm³/mol. The number of rotatable bonds is 16. The van der Waals surface area contributed by atoms with E-state index in [9.17, 15) is 25.1 Å². The van der Waals surface area contributed by atoms with Gasteiger partial charge >= 0.3 is 29.6 Å². The van der Waals surface area contributed by atoms with Gasteiger partial charge in [-0.2, -0.15) is 0 Å². The van der Waals surface area contributed by atoms with Gasteiger partial charge in [0, 0.05) is 25.7 Å².